The Bertz CT molecular complexity index is 280. The molecule has 0 radical (unpaired) electrons. The summed E-state index contributed by atoms with van der Waals surface area (Å²) < 4.78 is 0. The van der Waals surface area contributed by atoms with Crippen LogP contribution in [0.25, 0.3) is 0 Å². The molecule has 2 N–H and O–H groups in total. The molecule has 0 saturated carbocycles. The number of Topliss-reactive ketones (excluding diaryl/α,β-unsaturated/α-hetero) is 1. The van der Waals surface area contributed by atoms with Crippen LogP contribution in [-0.4, -0.2) is 10.8 Å². The Balaban J connectivity index is 3.07. The molecule has 1 heterocycles. The van der Waals surface area contributed by atoms with Crippen molar-refractivity contribution in [1.82, 2.24) is 4.98 Å². The minimum absolute atomic E-state index is 0.0125. The number of aryl methyl sites for hydroxylation is 1. The first-order valence-corrected chi connectivity index (χ1v) is 4.14. The van der Waals surface area contributed by atoms with Crippen molar-refractivity contribution in [3.63, 3.8) is 0 Å². The number of ketones is 1. The maximum absolute atomic E-state index is 10.9. The standard InChI is InChI=1S/C7H10N2OS/c1-4(10)7-5(2)11-6(3-8)9-7/h3,8H2,1-2H3. The van der Waals surface area contributed by atoms with Crippen LogP contribution in [0.1, 0.15) is 27.3 Å². The molecule has 0 fully saturated rings. The largest absolute Gasteiger partial charge is 0.325 e. The summed E-state index contributed by atoms with van der Waals surface area (Å²) in [6.45, 7) is 3.81. The minimum atomic E-state index is 0.0125. The summed E-state index contributed by atoms with van der Waals surface area (Å²) in [5.74, 6) is 0.0125. The SMILES string of the molecule is CC(=O)c1nc(CN)sc1C. The van der Waals surface area contributed by atoms with Crippen molar-refractivity contribution in [2.45, 2.75) is 20.4 Å². The molecule has 0 unspecified atom stereocenters. The highest BCUT2D eigenvalue weighted by molar-refractivity contribution is 7.11. The van der Waals surface area contributed by atoms with E-state index in [9.17, 15) is 4.79 Å². The lowest BCUT2D eigenvalue weighted by Gasteiger charge is -1.86. The van der Waals surface area contributed by atoms with Gasteiger partial charge in [0.2, 0.25) is 0 Å². The third-order valence-electron chi connectivity index (χ3n) is 1.35. The summed E-state index contributed by atoms with van der Waals surface area (Å²) in [5, 5.41) is 0.827. The Labute approximate surface area is 69.3 Å². The van der Waals surface area contributed by atoms with Crippen LogP contribution in [0.5, 0.6) is 0 Å². The van der Waals surface area contributed by atoms with Crippen LogP contribution in [0.3, 0.4) is 0 Å². The van der Waals surface area contributed by atoms with Gasteiger partial charge in [0.05, 0.1) is 0 Å². The van der Waals surface area contributed by atoms with Crippen molar-refractivity contribution in [2.24, 2.45) is 5.73 Å². The molecule has 1 rings (SSSR count). The van der Waals surface area contributed by atoms with Gasteiger partial charge in [0, 0.05) is 18.3 Å². The second kappa shape index (κ2) is 3.11. The van der Waals surface area contributed by atoms with Gasteiger partial charge < -0.3 is 5.73 Å². The predicted molar refractivity (Wildman–Crippen MR) is 44.7 cm³/mol. The van der Waals surface area contributed by atoms with Crippen LogP contribution >= 0.6 is 11.3 Å². The maximum atomic E-state index is 10.9. The monoisotopic (exact) mass is 170 g/mol. The number of hydrogen-bond donors (Lipinski definition) is 1. The Hall–Kier alpha value is -0.740. The molecule has 4 heteroatoms. The first-order chi connectivity index (χ1) is 5.15. The first kappa shape index (κ1) is 8.36. The molecule has 0 amide bonds. The van der Waals surface area contributed by atoms with Gasteiger partial charge in [0.15, 0.2) is 5.78 Å². The lowest BCUT2D eigenvalue weighted by atomic mass is 10.3. The highest BCUT2D eigenvalue weighted by atomic mass is 32.1. The molecule has 0 aliphatic rings. The van der Waals surface area contributed by atoms with Crippen LogP contribution in [-0.2, 0) is 6.54 Å². The van der Waals surface area contributed by atoms with Crippen molar-refractivity contribution in [3.05, 3.63) is 15.6 Å². The molecule has 1 aromatic rings. The zero-order valence-electron chi connectivity index (χ0n) is 6.55. The van der Waals surface area contributed by atoms with E-state index < -0.39 is 0 Å². The average Bonchev–Trinajstić information content (AvgIpc) is 2.30. The number of carbonyl (C=O) groups is 1. The first-order valence-electron chi connectivity index (χ1n) is 3.32. The Morgan fingerprint density at radius 2 is 2.36 bits per heavy atom. The zero-order chi connectivity index (χ0) is 8.43. The number of carbonyl (C=O) groups excluding carboxylic acids is 1. The van der Waals surface area contributed by atoms with Gasteiger partial charge >= 0.3 is 0 Å². The second-order valence-electron chi connectivity index (χ2n) is 2.27. The molecule has 3 nitrogen and oxygen atoms in total. The fourth-order valence-corrected chi connectivity index (χ4v) is 1.72. The predicted octanol–water partition coefficient (Wildman–Crippen LogP) is 1.11. The van der Waals surface area contributed by atoms with Crippen LogP contribution in [0.15, 0.2) is 0 Å². The van der Waals surface area contributed by atoms with E-state index in [2.05, 4.69) is 4.98 Å². The lowest BCUT2D eigenvalue weighted by Crippen LogP contribution is -1.98. The molecule has 1 aromatic heterocycles. The summed E-state index contributed by atoms with van der Waals surface area (Å²) in [5.41, 5.74) is 5.93. The number of nitrogens with zero attached hydrogens (tertiary/aromatic N) is 1. The third-order valence-corrected chi connectivity index (χ3v) is 2.34. The molecule has 11 heavy (non-hydrogen) atoms. The van der Waals surface area contributed by atoms with E-state index >= 15 is 0 Å². The topological polar surface area (TPSA) is 56.0 Å². The van der Waals surface area contributed by atoms with E-state index in [0.29, 0.717) is 12.2 Å². The van der Waals surface area contributed by atoms with E-state index in [1.165, 1.54) is 18.3 Å². The van der Waals surface area contributed by atoms with Crippen LogP contribution in [0.4, 0.5) is 0 Å². The third kappa shape index (κ3) is 1.64. The summed E-state index contributed by atoms with van der Waals surface area (Å²) in [4.78, 5) is 15.9. The quantitative estimate of drug-likeness (QED) is 0.676. The average molecular weight is 170 g/mol. The van der Waals surface area contributed by atoms with Gasteiger partial charge in [-0.3, -0.25) is 4.79 Å². The van der Waals surface area contributed by atoms with Gasteiger partial charge in [-0.25, -0.2) is 4.98 Å². The van der Waals surface area contributed by atoms with Crippen molar-refractivity contribution in [3.8, 4) is 0 Å². The van der Waals surface area contributed by atoms with Crippen LogP contribution in [0, 0.1) is 6.92 Å². The van der Waals surface area contributed by atoms with E-state index in [1.807, 2.05) is 6.92 Å². The summed E-state index contributed by atoms with van der Waals surface area (Å²) in [6, 6.07) is 0. The van der Waals surface area contributed by atoms with Crippen LogP contribution in [0.2, 0.25) is 0 Å². The Kier molecular flexibility index (Phi) is 2.36. The van der Waals surface area contributed by atoms with E-state index in [0.717, 1.165) is 9.88 Å². The molecule has 0 saturated heterocycles. The Morgan fingerprint density at radius 1 is 1.73 bits per heavy atom. The molecule has 60 valence electrons. The van der Waals surface area contributed by atoms with Gasteiger partial charge in [-0.2, -0.15) is 0 Å². The summed E-state index contributed by atoms with van der Waals surface area (Å²) in [6.07, 6.45) is 0. The summed E-state index contributed by atoms with van der Waals surface area (Å²) in [7, 11) is 0. The van der Waals surface area contributed by atoms with E-state index in [4.69, 9.17) is 5.73 Å². The normalized spacial score (nSPS) is 10.1. The molecule has 0 aliphatic carbocycles. The van der Waals surface area contributed by atoms with E-state index in [1.54, 1.807) is 0 Å². The number of nitrogens with two attached hydrogens (primary N) is 1. The maximum Gasteiger partial charge on any atom is 0.179 e. The number of aromatic nitrogens is 1. The van der Waals surface area contributed by atoms with Crippen molar-refractivity contribution >= 4 is 17.1 Å². The minimum Gasteiger partial charge on any atom is -0.325 e. The highest BCUT2D eigenvalue weighted by Crippen LogP contribution is 2.16. The smallest absolute Gasteiger partial charge is 0.179 e. The summed E-state index contributed by atoms with van der Waals surface area (Å²) >= 11 is 1.49. The van der Waals surface area contributed by atoms with Crippen molar-refractivity contribution in [1.29, 1.82) is 0 Å². The van der Waals surface area contributed by atoms with Crippen LogP contribution < -0.4 is 5.73 Å². The fourth-order valence-electron chi connectivity index (χ4n) is 0.865. The van der Waals surface area contributed by atoms with Gasteiger partial charge in [-0.1, -0.05) is 0 Å². The Morgan fingerprint density at radius 3 is 2.64 bits per heavy atom. The lowest BCUT2D eigenvalue weighted by molar-refractivity contribution is 0.101. The van der Waals surface area contributed by atoms with Gasteiger partial charge in [0.25, 0.3) is 0 Å². The highest BCUT2D eigenvalue weighted by Gasteiger charge is 2.09. The second-order valence-corrected chi connectivity index (χ2v) is 3.56. The number of hydrogen-bond acceptors (Lipinski definition) is 4. The molecule has 0 aromatic carbocycles. The van der Waals surface area contributed by atoms with E-state index in [-0.39, 0.29) is 5.78 Å². The van der Waals surface area contributed by atoms with Crippen molar-refractivity contribution < 1.29 is 4.79 Å². The molecular formula is C7H10N2OS. The molecule has 0 spiro atoms. The molecule has 0 bridgehead atoms. The van der Waals surface area contributed by atoms with Crippen molar-refractivity contribution in [2.75, 3.05) is 0 Å². The fraction of sp³-hybridized carbons (Fsp3) is 0.429. The zero-order valence-corrected chi connectivity index (χ0v) is 7.36. The van der Waals surface area contributed by atoms with Gasteiger partial charge in [-0.15, -0.1) is 11.3 Å². The molecule has 0 atom stereocenters. The number of rotatable bonds is 2. The van der Waals surface area contributed by atoms with Gasteiger partial charge in [0.1, 0.15) is 10.7 Å². The molecular weight excluding hydrogens is 160 g/mol. The van der Waals surface area contributed by atoms with Gasteiger partial charge in [-0.05, 0) is 6.92 Å². The number of thiazole rings is 1. The molecule has 0 aliphatic heterocycles.